The lowest BCUT2D eigenvalue weighted by Gasteiger charge is -2.13. The Morgan fingerprint density at radius 2 is 1.78 bits per heavy atom. The summed E-state index contributed by atoms with van der Waals surface area (Å²) in [6.07, 6.45) is 2.88. The van der Waals surface area contributed by atoms with Crippen LogP contribution in [0.5, 0.6) is 11.5 Å². The van der Waals surface area contributed by atoms with Crippen molar-refractivity contribution in [1.29, 1.82) is 0 Å². The second-order valence-corrected chi connectivity index (χ2v) is 6.20. The van der Waals surface area contributed by atoms with Crippen LogP contribution in [0.1, 0.15) is 18.9 Å². The summed E-state index contributed by atoms with van der Waals surface area (Å²) in [5.41, 5.74) is 1.18. The van der Waals surface area contributed by atoms with Gasteiger partial charge in [0.2, 0.25) is 0 Å². The van der Waals surface area contributed by atoms with E-state index in [1.165, 1.54) is 4.57 Å². The number of ether oxygens (including phenoxy) is 2. The molecule has 0 unspecified atom stereocenters. The highest BCUT2D eigenvalue weighted by molar-refractivity contribution is 5.73. The van der Waals surface area contributed by atoms with Gasteiger partial charge in [-0.3, -0.25) is 13.9 Å². The van der Waals surface area contributed by atoms with E-state index in [1.807, 2.05) is 25.1 Å². The molecule has 7 heteroatoms. The first-order valence-electron chi connectivity index (χ1n) is 8.90. The van der Waals surface area contributed by atoms with E-state index in [2.05, 4.69) is 4.98 Å². The van der Waals surface area contributed by atoms with Gasteiger partial charge < -0.3 is 9.47 Å². The van der Waals surface area contributed by atoms with Gasteiger partial charge in [-0.2, -0.15) is 0 Å². The van der Waals surface area contributed by atoms with Crippen molar-refractivity contribution >= 4 is 11.0 Å². The second-order valence-electron chi connectivity index (χ2n) is 6.20. The monoisotopic (exact) mass is 369 g/mol. The van der Waals surface area contributed by atoms with E-state index in [9.17, 15) is 9.59 Å². The Morgan fingerprint density at radius 1 is 1.00 bits per heavy atom. The number of aryl methyl sites for hydroxylation is 2. The molecule has 0 bridgehead atoms. The Morgan fingerprint density at radius 3 is 2.48 bits per heavy atom. The van der Waals surface area contributed by atoms with Crippen molar-refractivity contribution in [3.63, 3.8) is 0 Å². The lowest BCUT2D eigenvalue weighted by atomic mass is 10.1. The Labute approximate surface area is 156 Å². The number of methoxy groups -OCH3 is 2. The minimum absolute atomic E-state index is 0.267. The highest BCUT2D eigenvalue weighted by Gasteiger charge is 2.14. The van der Waals surface area contributed by atoms with E-state index < -0.39 is 0 Å². The van der Waals surface area contributed by atoms with Gasteiger partial charge in [0.25, 0.3) is 5.56 Å². The van der Waals surface area contributed by atoms with Crippen LogP contribution in [0.4, 0.5) is 0 Å². The van der Waals surface area contributed by atoms with E-state index in [-0.39, 0.29) is 17.8 Å². The first-order valence-corrected chi connectivity index (χ1v) is 8.90. The van der Waals surface area contributed by atoms with Gasteiger partial charge >= 0.3 is 5.69 Å². The molecule has 3 rings (SSSR count). The molecule has 0 saturated heterocycles. The van der Waals surface area contributed by atoms with Gasteiger partial charge in [-0.1, -0.05) is 13.0 Å². The second kappa shape index (κ2) is 8.07. The molecular formula is C20H23N3O4. The molecule has 2 aromatic heterocycles. The molecule has 27 heavy (non-hydrogen) atoms. The maximum atomic E-state index is 12.9. The van der Waals surface area contributed by atoms with E-state index in [0.29, 0.717) is 35.5 Å². The summed E-state index contributed by atoms with van der Waals surface area (Å²) in [4.78, 5) is 29.9. The van der Waals surface area contributed by atoms with Gasteiger partial charge in [0, 0.05) is 19.3 Å². The summed E-state index contributed by atoms with van der Waals surface area (Å²) >= 11 is 0. The van der Waals surface area contributed by atoms with Gasteiger partial charge in [0.05, 0.1) is 19.7 Å². The minimum Gasteiger partial charge on any atom is -0.493 e. The summed E-state index contributed by atoms with van der Waals surface area (Å²) in [6, 6.07) is 9.07. The maximum Gasteiger partial charge on any atom is 0.331 e. The van der Waals surface area contributed by atoms with Crippen LogP contribution in [-0.2, 0) is 19.5 Å². The van der Waals surface area contributed by atoms with Gasteiger partial charge in [0.1, 0.15) is 0 Å². The summed E-state index contributed by atoms with van der Waals surface area (Å²) in [6.45, 7) is 2.80. The van der Waals surface area contributed by atoms with Crippen LogP contribution < -0.4 is 20.7 Å². The number of rotatable bonds is 7. The molecule has 1 aromatic carbocycles. The van der Waals surface area contributed by atoms with Crippen molar-refractivity contribution in [2.45, 2.75) is 32.9 Å². The predicted octanol–water partition coefficient (Wildman–Crippen LogP) is 2.23. The normalized spacial score (nSPS) is 10.9. The molecule has 0 aliphatic heterocycles. The van der Waals surface area contributed by atoms with Crippen molar-refractivity contribution in [1.82, 2.24) is 14.1 Å². The van der Waals surface area contributed by atoms with Crippen molar-refractivity contribution in [3.8, 4) is 11.5 Å². The van der Waals surface area contributed by atoms with Crippen molar-refractivity contribution in [2.24, 2.45) is 0 Å². The van der Waals surface area contributed by atoms with Crippen molar-refractivity contribution in [3.05, 3.63) is 62.9 Å². The number of fused-ring (bicyclic) bond motifs is 1. The maximum absolute atomic E-state index is 12.9. The lowest BCUT2D eigenvalue weighted by molar-refractivity contribution is 0.354. The average molecular weight is 369 g/mol. The third kappa shape index (κ3) is 3.58. The van der Waals surface area contributed by atoms with Gasteiger partial charge in [-0.25, -0.2) is 9.78 Å². The quantitative estimate of drug-likeness (QED) is 0.638. The van der Waals surface area contributed by atoms with Gasteiger partial charge in [-0.15, -0.1) is 0 Å². The molecule has 0 fully saturated rings. The van der Waals surface area contributed by atoms with Crippen LogP contribution >= 0.6 is 0 Å². The van der Waals surface area contributed by atoms with E-state index >= 15 is 0 Å². The number of nitrogens with zero attached hydrogens (tertiary/aromatic N) is 3. The summed E-state index contributed by atoms with van der Waals surface area (Å²) in [5.74, 6) is 1.25. The molecule has 3 aromatic rings. The number of benzene rings is 1. The van der Waals surface area contributed by atoms with Gasteiger partial charge in [-0.05, 0) is 42.7 Å². The molecule has 142 valence electrons. The minimum atomic E-state index is -0.358. The number of hydrogen-bond donors (Lipinski definition) is 0. The van der Waals surface area contributed by atoms with Crippen molar-refractivity contribution in [2.75, 3.05) is 14.2 Å². The Bertz CT molecular complexity index is 1070. The predicted molar refractivity (Wildman–Crippen MR) is 104 cm³/mol. The van der Waals surface area contributed by atoms with Crippen LogP contribution in [-0.4, -0.2) is 28.3 Å². The molecule has 0 amide bonds. The van der Waals surface area contributed by atoms with E-state index in [0.717, 1.165) is 12.0 Å². The zero-order valence-corrected chi connectivity index (χ0v) is 15.8. The zero-order chi connectivity index (χ0) is 19.4. The average Bonchev–Trinajstić information content (AvgIpc) is 2.70. The molecule has 0 saturated carbocycles. The molecule has 0 atom stereocenters. The number of aromatic nitrogens is 3. The Hall–Kier alpha value is -3.09. The van der Waals surface area contributed by atoms with E-state index in [4.69, 9.17) is 9.47 Å². The molecule has 0 aliphatic rings. The first kappa shape index (κ1) is 18.7. The topological polar surface area (TPSA) is 75.3 Å². The lowest BCUT2D eigenvalue weighted by Crippen LogP contribution is -2.40. The molecule has 0 N–H and O–H groups in total. The fraction of sp³-hybridized carbons (Fsp3) is 0.350. The van der Waals surface area contributed by atoms with Crippen molar-refractivity contribution < 1.29 is 9.47 Å². The standard InChI is InChI=1S/C20H23N3O4/c1-4-11-22-15-6-5-10-21-18(15)19(24)23(20(22)25)12-9-14-7-8-16(26-2)17(13-14)27-3/h5-8,10,13H,4,9,11-12H2,1-3H3. The molecule has 0 radical (unpaired) electrons. The highest BCUT2D eigenvalue weighted by Crippen LogP contribution is 2.27. The molecule has 0 spiro atoms. The smallest absolute Gasteiger partial charge is 0.331 e. The number of pyridine rings is 1. The summed E-state index contributed by atoms with van der Waals surface area (Å²) in [7, 11) is 3.15. The Balaban J connectivity index is 2.00. The Kier molecular flexibility index (Phi) is 5.59. The molecule has 2 heterocycles. The largest absolute Gasteiger partial charge is 0.493 e. The molecule has 0 aliphatic carbocycles. The van der Waals surface area contributed by atoms with Crippen LogP contribution in [0.2, 0.25) is 0 Å². The summed E-state index contributed by atoms with van der Waals surface area (Å²) < 4.78 is 13.4. The van der Waals surface area contributed by atoms with Crippen LogP contribution in [0, 0.1) is 0 Å². The SMILES string of the molecule is CCCn1c(=O)n(CCc2ccc(OC)c(OC)c2)c(=O)c2ncccc21. The summed E-state index contributed by atoms with van der Waals surface area (Å²) in [5, 5.41) is 0. The van der Waals surface area contributed by atoms with Gasteiger partial charge in [0.15, 0.2) is 17.0 Å². The third-order valence-corrected chi connectivity index (χ3v) is 4.51. The fourth-order valence-electron chi connectivity index (χ4n) is 3.16. The number of hydrogen-bond acceptors (Lipinski definition) is 5. The van der Waals surface area contributed by atoms with Crippen LogP contribution in [0.3, 0.4) is 0 Å². The molecule has 7 nitrogen and oxygen atoms in total. The van der Waals surface area contributed by atoms with Crippen LogP contribution in [0.25, 0.3) is 11.0 Å². The van der Waals surface area contributed by atoms with Crippen LogP contribution in [0.15, 0.2) is 46.1 Å². The fourth-order valence-corrected chi connectivity index (χ4v) is 3.16. The highest BCUT2D eigenvalue weighted by atomic mass is 16.5. The first-order chi connectivity index (χ1) is 13.1. The van der Waals surface area contributed by atoms with E-state index in [1.54, 1.807) is 37.1 Å². The zero-order valence-electron chi connectivity index (χ0n) is 15.8. The molecular weight excluding hydrogens is 346 g/mol. The third-order valence-electron chi connectivity index (χ3n) is 4.51.